The Kier molecular flexibility index (Phi) is 77.0. The fourth-order valence-corrected chi connectivity index (χ4v) is 15.8. The van der Waals surface area contributed by atoms with Crippen LogP contribution in [-0.2, 0) is 130 Å². The van der Waals surface area contributed by atoms with E-state index in [0.717, 1.165) is 62.8 Å². The van der Waals surface area contributed by atoms with Gasteiger partial charge >= 0.3 is 147 Å². The van der Waals surface area contributed by atoms with Crippen LogP contribution in [0.1, 0.15) is 25.7 Å². The smallest absolute Gasteiger partial charge is 0.457 e. The van der Waals surface area contributed by atoms with E-state index < -0.39 is 325 Å². The van der Waals surface area contributed by atoms with E-state index in [2.05, 4.69) is 74.4 Å². The predicted molar refractivity (Wildman–Crippen MR) is 481 cm³/mol. The molecule has 2 heterocycles. The molecule has 68 heteroatoms. The maximum Gasteiger partial charge on any atom is 3.00 e. The zero-order chi connectivity index (χ0) is 103. The van der Waals surface area contributed by atoms with E-state index in [-0.39, 0.29) is 160 Å². The number of nitrogens with two attached hydrogens (primary N) is 2. The summed E-state index contributed by atoms with van der Waals surface area (Å²) in [7, 11) is 4.36. The minimum Gasteiger partial charge on any atom is -0.457 e. The van der Waals surface area contributed by atoms with Crippen molar-refractivity contribution in [2.75, 3.05) is 233 Å². The van der Waals surface area contributed by atoms with Crippen LogP contribution in [0, 0.1) is 69.1 Å². The number of carbonyl (C=O) groups is 24. The van der Waals surface area contributed by atoms with Gasteiger partial charge in [-0.3, -0.25) is 144 Å². The van der Waals surface area contributed by atoms with Crippen LogP contribution in [0.15, 0.2) is 0 Å². The van der Waals surface area contributed by atoms with Crippen LogP contribution in [0.25, 0.3) is 0 Å². The molecule has 59 nitrogen and oxygen atoms in total. The number of nitrogens with one attached hydrogen (secondary N) is 14. The van der Waals surface area contributed by atoms with Gasteiger partial charge in [-0.1, -0.05) is 43.2 Å². The molecule has 0 aromatic heterocycles. The number of carbonyl (C=O) groups excluding carboxylic acids is 14. The average molecular weight is 2410 g/mol. The third-order valence-corrected chi connectivity index (χ3v) is 22.1. The van der Waals surface area contributed by atoms with Gasteiger partial charge in [0.1, 0.15) is 36.3 Å². The van der Waals surface area contributed by atoms with Crippen molar-refractivity contribution in [3.05, 3.63) is 0 Å². The standard InChI is InChI=1S/2C35H57N11O18S2.3ClH.2Gd.H2O/c2*36-3-9-64-10-4-37-25(48)12-40-33(60)21-19-65-66-20-22(34(61)41-14-28(51)43-21)42-27(50)13-39-26(49)11-38-24(47)2-1-23(35(62)63)46(7-5-44(15-29(52)53)16-30(54)55)8-6-45(17-31(56)57)18-32(58)59;;;;;;/h2*21-23H,1-20,36H2,(H,37,48)(H,38,47)(H,39,49)(H,40,60)(H,41,61)(H,42,50)(H,43,51)(H,52,53)(H,54,55)(H,56,57)(H,58,59)(H,62,63);3*1H;;;1H2/q;;;;;2*+3;/p-2/t2*21-,22-,23-;;;;;;/m00....../s1. The molecule has 0 unspecified atom stereocenters. The minimum absolute atomic E-state index is 0. The van der Waals surface area contributed by atoms with Crippen molar-refractivity contribution in [3.8, 4) is 0 Å². The first-order chi connectivity index (χ1) is 64.1. The number of carboxylic acid groups (broad SMARTS) is 10. The molecule has 0 aliphatic carbocycles. The van der Waals surface area contributed by atoms with Crippen LogP contribution in [0.3, 0.4) is 0 Å². The third kappa shape index (κ3) is 71.2. The van der Waals surface area contributed by atoms with Crippen molar-refractivity contribution in [1.29, 1.82) is 0 Å². The molecule has 786 valence electrons. The van der Waals surface area contributed by atoms with E-state index >= 15 is 0 Å². The summed E-state index contributed by atoms with van der Waals surface area (Å²) in [6.45, 7) is -10.7. The summed E-state index contributed by atoms with van der Waals surface area (Å²) < 4.78 is 10.3. The van der Waals surface area contributed by atoms with Crippen LogP contribution >= 0.6 is 61.1 Å². The fourth-order valence-electron chi connectivity index (χ4n) is 11.2. The molecule has 2 fully saturated rings. The first kappa shape index (κ1) is 134. The van der Waals surface area contributed by atoms with Gasteiger partial charge < -0.3 is 152 Å². The van der Waals surface area contributed by atoms with Crippen molar-refractivity contribution in [1.82, 2.24) is 104 Å². The molecule has 1 radical (unpaired) electrons. The van der Waals surface area contributed by atoms with Crippen LogP contribution < -0.4 is 85.9 Å². The third-order valence-electron chi connectivity index (χ3n) is 17.3. The Hall–Kier alpha value is -8.24. The molecule has 2 aliphatic rings. The molecule has 6 atom stereocenters. The van der Waals surface area contributed by atoms with Gasteiger partial charge in [0.15, 0.2) is 0 Å². The molecule has 0 bridgehead atoms. The SMILES string of the molecule is NCCOCCNC(=O)CNC(=O)[C@@H]1CSSC[C@H](NC(=O)CNC(=O)CNC(=O)CC[C@@H](C(=O)O)N(CCN(CC(=O)O)CC(=O)O)CCN(CC(=O)O)CC(=O)O)C(=O)NCC(=O)N1.NCCOCCNC(=O)CNC(=O)[C@@H]1CSSC[C@H](NC(=O)CNC(=O)CNC(=O)CC[C@@H](C(=O)O)N(CCN(CC(=O)O)CC(=O)O)CCN(CC(=O)O)CC(=O)O)C(=O)NCC(=O)N1.[Cl][Gd]([Cl])[Cl].[Gd+3].[OH3+]. The van der Waals surface area contributed by atoms with Gasteiger partial charge in [0.05, 0.1) is 131 Å². The van der Waals surface area contributed by atoms with Crippen molar-refractivity contribution in [2.24, 2.45) is 11.5 Å². The Morgan fingerprint density at radius 1 is 0.370 bits per heavy atom. The minimum atomic E-state index is -1.98. The van der Waals surface area contributed by atoms with Gasteiger partial charge in [-0.15, -0.1) is 0 Å². The molecule has 2 saturated heterocycles. The number of carboxylic acids is 10. The van der Waals surface area contributed by atoms with E-state index in [1.807, 2.05) is 0 Å². The zero-order valence-corrected chi connectivity index (χ0v) is 83.8. The van der Waals surface area contributed by atoms with E-state index in [1.54, 1.807) is 0 Å². The number of hydrogen-bond donors (Lipinski definition) is 26. The first-order valence-electron chi connectivity index (χ1n) is 40.3. The summed E-state index contributed by atoms with van der Waals surface area (Å²) in [5, 5.41) is 127. The summed E-state index contributed by atoms with van der Waals surface area (Å²) in [5.74, 6) is -9.43. The largest absolute Gasteiger partial charge is 3.00 e. The number of ether oxygens (including phenoxy) is 2. The molecule has 0 aromatic rings. The Bertz CT molecular complexity index is 3610. The van der Waals surface area contributed by atoms with Crippen molar-refractivity contribution in [3.63, 3.8) is 0 Å². The summed E-state index contributed by atoms with van der Waals surface area (Å²) in [4.78, 5) is 298. The second-order valence-electron chi connectivity index (χ2n) is 28.1. The summed E-state index contributed by atoms with van der Waals surface area (Å²) in [6, 6.07) is -7.58. The summed E-state index contributed by atoms with van der Waals surface area (Å²) >= 11 is -1.98. The number of nitrogens with zero attached hydrogens (tertiary/aromatic N) is 6. The summed E-state index contributed by atoms with van der Waals surface area (Å²) in [5.41, 5.74) is 10.6. The van der Waals surface area contributed by atoms with Gasteiger partial charge in [-0.2, -0.15) is 0 Å². The molecule has 0 aromatic carbocycles. The molecule has 2 rings (SSSR count). The maximum atomic E-state index is 12.8. The van der Waals surface area contributed by atoms with E-state index in [9.17, 15) is 166 Å². The van der Waals surface area contributed by atoms with E-state index in [0.29, 0.717) is 26.3 Å². The fraction of sp³-hybridized carbons (Fsp3) is 0.657. The average Bonchev–Trinajstić information content (AvgIpc) is 1.23. The van der Waals surface area contributed by atoms with Gasteiger partial charge in [-0.05, 0) is 12.8 Å². The van der Waals surface area contributed by atoms with Gasteiger partial charge in [0, 0.05) is 114 Å². The van der Waals surface area contributed by atoms with E-state index in [1.165, 1.54) is 9.80 Å². The molecule has 31 N–H and O–H groups in total. The predicted octanol–water partition coefficient (Wildman–Crippen LogP) is -14.1. The number of amides is 14. The monoisotopic (exact) mass is 2410 g/mol. The molecule has 14 amide bonds. The van der Waals surface area contributed by atoms with Gasteiger partial charge in [0.2, 0.25) is 82.7 Å². The molecule has 2 aliphatic heterocycles. The van der Waals surface area contributed by atoms with Crippen molar-refractivity contribution in [2.45, 2.75) is 61.9 Å². The van der Waals surface area contributed by atoms with Gasteiger partial charge in [-0.25, -0.2) is 0 Å². The quantitative estimate of drug-likeness (QED) is 0.0153. The Balaban J connectivity index is -0.00000251. The van der Waals surface area contributed by atoms with E-state index in [4.69, 9.17) is 38.9 Å². The number of halogens is 3. The second kappa shape index (κ2) is 79.3. The number of aliphatic carboxylic acids is 10. The molecule has 138 heavy (non-hydrogen) atoms. The second-order valence-corrected chi connectivity index (χ2v) is 43.2. The zero-order valence-electron chi connectivity index (χ0n) is 73.7. The van der Waals surface area contributed by atoms with Crippen molar-refractivity contribution >= 4 is 203 Å². The Morgan fingerprint density at radius 3 is 0.877 bits per heavy atom. The normalized spacial score (nSPS) is 15.5. The molecule has 0 saturated carbocycles. The maximum absolute atomic E-state index is 12.8. The topological polar surface area (TPSA) is 903 Å². The molecular weight excluding hydrogens is 2290 g/mol. The summed E-state index contributed by atoms with van der Waals surface area (Å²) in [6.07, 6.45) is -1.88. The number of hydrogen-bond acceptors (Lipinski definition) is 38. The van der Waals surface area contributed by atoms with Crippen LogP contribution in [0.5, 0.6) is 0 Å². The Labute approximate surface area is 855 Å². The molecule has 0 spiro atoms. The number of rotatable bonds is 64. The van der Waals surface area contributed by atoms with Crippen LogP contribution in [0.4, 0.5) is 0 Å². The first-order valence-corrected chi connectivity index (χ1v) is 53.8. The molecular formula is C70H117Cl3Gd2N22O37S4+4. The Morgan fingerprint density at radius 2 is 0.616 bits per heavy atom. The van der Waals surface area contributed by atoms with Crippen LogP contribution in [0.2, 0.25) is 0 Å². The van der Waals surface area contributed by atoms with Gasteiger partial charge in [0.25, 0.3) is 0 Å². The van der Waals surface area contributed by atoms with Crippen molar-refractivity contribution < 1.29 is 250 Å². The van der Waals surface area contributed by atoms with Crippen LogP contribution in [-0.4, -0.2) is 492 Å².